The normalized spacial score (nSPS) is 14.8. The average molecular weight is 262 g/mol. The van der Waals surface area contributed by atoms with Crippen molar-refractivity contribution in [2.24, 2.45) is 5.73 Å². The van der Waals surface area contributed by atoms with Crippen LogP contribution in [0.25, 0.3) is 0 Å². The fourth-order valence-electron chi connectivity index (χ4n) is 0.772. The number of rotatable bonds is 3. The molecule has 14 heavy (non-hydrogen) atoms. The summed E-state index contributed by atoms with van der Waals surface area (Å²) in [4.78, 5) is 17.9. The minimum Gasteiger partial charge on any atom is -0.382 e. The van der Waals surface area contributed by atoms with E-state index in [0.717, 1.165) is 0 Å². The predicted molar refractivity (Wildman–Crippen MR) is 49.9 cm³/mol. The maximum absolute atomic E-state index is 10.5. The highest BCUT2D eigenvalue weighted by Crippen LogP contribution is 2.13. The summed E-state index contributed by atoms with van der Waals surface area (Å²) in [6.45, 7) is 0. The van der Waals surface area contributed by atoms with Crippen molar-refractivity contribution in [2.45, 2.75) is 12.2 Å². The van der Waals surface area contributed by atoms with Crippen LogP contribution < -0.4 is 5.73 Å². The smallest absolute Gasteiger partial charge is 0.249 e. The van der Waals surface area contributed by atoms with Gasteiger partial charge in [-0.05, 0) is 15.9 Å². The lowest BCUT2D eigenvalue weighted by Crippen LogP contribution is -2.34. The summed E-state index contributed by atoms with van der Waals surface area (Å²) in [6, 6.07) is 0. The zero-order valence-corrected chi connectivity index (χ0v) is 8.55. The summed E-state index contributed by atoms with van der Waals surface area (Å²) in [5.74, 6) is -1.08. The summed E-state index contributed by atoms with van der Waals surface area (Å²) in [6.07, 6.45) is -0.421. The van der Waals surface area contributed by atoms with Crippen molar-refractivity contribution in [3.8, 4) is 0 Å². The largest absolute Gasteiger partial charge is 0.382 e. The zero-order chi connectivity index (χ0) is 10.7. The average Bonchev–Trinajstić information content (AvgIpc) is 2.16. The van der Waals surface area contributed by atoms with Crippen molar-refractivity contribution in [1.29, 1.82) is 0 Å². The van der Waals surface area contributed by atoms with Crippen LogP contribution >= 0.6 is 15.9 Å². The summed E-state index contributed by atoms with van der Waals surface area (Å²) < 4.78 is 0.627. The number of nitrogens with two attached hydrogens (primary N) is 1. The maximum Gasteiger partial charge on any atom is 0.249 e. The van der Waals surface area contributed by atoms with Crippen LogP contribution in [0.2, 0.25) is 0 Å². The number of aliphatic hydroxyl groups excluding tert-OH is 2. The van der Waals surface area contributed by atoms with Crippen LogP contribution in [0.4, 0.5) is 0 Å². The van der Waals surface area contributed by atoms with Gasteiger partial charge in [0, 0.05) is 12.4 Å². The first-order chi connectivity index (χ1) is 6.52. The van der Waals surface area contributed by atoms with E-state index in [1.54, 1.807) is 0 Å². The van der Waals surface area contributed by atoms with E-state index in [0.29, 0.717) is 4.47 Å². The van der Waals surface area contributed by atoms with Crippen molar-refractivity contribution in [3.05, 3.63) is 22.7 Å². The first-order valence-corrected chi connectivity index (χ1v) is 4.44. The number of nitrogens with zero attached hydrogens (tertiary/aromatic N) is 2. The Morgan fingerprint density at radius 3 is 2.36 bits per heavy atom. The quantitative estimate of drug-likeness (QED) is 0.655. The maximum atomic E-state index is 10.5. The van der Waals surface area contributed by atoms with Gasteiger partial charge in [-0.2, -0.15) is 0 Å². The molecule has 4 N–H and O–H groups in total. The molecule has 7 heteroatoms. The molecular formula is C7H8BrN3O3. The van der Waals surface area contributed by atoms with E-state index >= 15 is 0 Å². The van der Waals surface area contributed by atoms with Crippen molar-refractivity contribution in [3.63, 3.8) is 0 Å². The molecule has 0 spiro atoms. The highest BCUT2D eigenvalue weighted by Gasteiger charge is 2.25. The Kier molecular flexibility index (Phi) is 3.50. The molecule has 0 aliphatic carbocycles. The number of carbonyl (C=O) groups excluding carboxylic acids is 1. The SMILES string of the molecule is NC(=O)C(O)C(O)c1ncc(Br)cn1. The molecule has 1 rings (SSSR count). The van der Waals surface area contributed by atoms with Crippen LogP contribution in [0.15, 0.2) is 16.9 Å². The number of carbonyl (C=O) groups is 1. The summed E-state index contributed by atoms with van der Waals surface area (Å²) >= 11 is 3.10. The molecule has 0 fully saturated rings. The third kappa shape index (κ3) is 2.47. The Morgan fingerprint density at radius 2 is 1.93 bits per heavy atom. The molecule has 0 bridgehead atoms. The number of aliphatic hydroxyl groups is 2. The number of hydrogen-bond acceptors (Lipinski definition) is 5. The van der Waals surface area contributed by atoms with Gasteiger partial charge in [-0.3, -0.25) is 4.79 Å². The standard InChI is InChI=1S/C7H8BrN3O3/c8-3-1-10-7(11-2-3)5(13)4(12)6(9)14/h1-2,4-5,12-13H,(H2,9,14). The second kappa shape index (κ2) is 4.45. The molecule has 1 amide bonds. The number of aromatic nitrogens is 2. The first-order valence-electron chi connectivity index (χ1n) is 3.65. The highest BCUT2D eigenvalue weighted by molar-refractivity contribution is 9.10. The minimum absolute atomic E-state index is 0.0560. The van der Waals surface area contributed by atoms with Crippen LogP contribution in [-0.4, -0.2) is 32.2 Å². The Morgan fingerprint density at radius 1 is 1.43 bits per heavy atom. The lowest BCUT2D eigenvalue weighted by molar-refractivity contribution is -0.132. The highest BCUT2D eigenvalue weighted by atomic mass is 79.9. The predicted octanol–water partition coefficient (Wildman–Crippen LogP) is -0.881. The molecule has 2 unspecified atom stereocenters. The van der Waals surface area contributed by atoms with E-state index in [1.807, 2.05) is 0 Å². The van der Waals surface area contributed by atoms with Gasteiger partial charge >= 0.3 is 0 Å². The van der Waals surface area contributed by atoms with Crippen molar-refractivity contribution < 1.29 is 15.0 Å². The van der Waals surface area contributed by atoms with Crippen LogP contribution in [0.3, 0.4) is 0 Å². The Labute approximate surface area is 87.9 Å². The van der Waals surface area contributed by atoms with Crippen LogP contribution in [0.1, 0.15) is 11.9 Å². The zero-order valence-electron chi connectivity index (χ0n) is 6.96. The van der Waals surface area contributed by atoms with E-state index < -0.39 is 18.1 Å². The molecule has 0 aliphatic rings. The third-order valence-corrected chi connectivity index (χ3v) is 1.90. The van der Waals surface area contributed by atoms with Crippen LogP contribution in [-0.2, 0) is 4.79 Å². The fraction of sp³-hybridized carbons (Fsp3) is 0.286. The van der Waals surface area contributed by atoms with E-state index in [4.69, 9.17) is 10.8 Å². The monoisotopic (exact) mass is 261 g/mol. The minimum atomic E-state index is -1.70. The van der Waals surface area contributed by atoms with Gasteiger partial charge < -0.3 is 15.9 Å². The van der Waals surface area contributed by atoms with Gasteiger partial charge in [0.1, 0.15) is 6.10 Å². The van der Waals surface area contributed by atoms with E-state index in [9.17, 15) is 9.90 Å². The molecule has 76 valence electrons. The molecule has 0 saturated carbocycles. The molecule has 0 aliphatic heterocycles. The molecule has 0 saturated heterocycles. The van der Waals surface area contributed by atoms with Crippen molar-refractivity contribution >= 4 is 21.8 Å². The summed E-state index contributed by atoms with van der Waals surface area (Å²) in [7, 11) is 0. The Hall–Kier alpha value is -1.05. The van der Waals surface area contributed by atoms with E-state index in [2.05, 4.69) is 25.9 Å². The number of primary amides is 1. The Bertz CT molecular complexity index is 329. The van der Waals surface area contributed by atoms with E-state index in [1.165, 1.54) is 12.4 Å². The lowest BCUT2D eigenvalue weighted by atomic mass is 10.2. The molecule has 0 radical (unpaired) electrons. The van der Waals surface area contributed by atoms with Crippen molar-refractivity contribution in [2.75, 3.05) is 0 Å². The molecular weight excluding hydrogens is 254 g/mol. The molecule has 6 nitrogen and oxygen atoms in total. The van der Waals surface area contributed by atoms with Crippen molar-refractivity contribution in [1.82, 2.24) is 9.97 Å². The number of amides is 1. The van der Waals surface area contributed by atoms with Crippen LogP contribution in [0, 0.1) is 0 Å². The van der Waals surface area contributed by atoms with E-state index in [-0.39, 0.29) is 5.82 Å². The lowest BCUT2D eigenvalue weighted by Gasteiger charge is -2.12. The van der Waals surface area contributed by atoms with Gasteiger partial charge in [-0.15, -0.1) is 0 Å². The second-order valence-corrected chi connectivity index (χ2v) is 3.47. The first kappa shape index (κ1) is 11.0. The second-order valence-electron chi connectivity index (χ2n) is 2.55. The topological polar surface area (TPSA) is 109 Å². The fourth-order valence-corrected chi connectivity index (χ4v) is 0.977. The van der Waals surface area contributed by atoms with Gasteiger partial charge in [0.05, 0.1) is 4.47 Å². The number of halogens is 1. The van der Waals surface area contributed by atoms with Gasteiger partial charge in [0.15, 0.2) is 11.9 Å². The molecule has 1 heterocycles. The molecule has 2 atom stereocenters. The third-order valence-electron chi connectivity index (χ3n) is 1.50. The molecule has 0 aromatic carbocycles. The van der Waals surface area contributed by atoms with Gasteiger partial charge in [0.25, 0.3) is 0 Å². The summed E-state index contributed by atoms with van der Waals surface area (Å²) in [5.41, 5.74) is 4.79. The van der Waals surface area contributed by atoms with Gasteiger partial charge in [-0.25, -0.2) is 9.97 Å². The molecule has 1 aromatic heterocycles. The van der Waals surface area contributed by atoms with Crippen LogP contribution in [0.5, 0.6) is 0 Å². The van der Waals surface area contributed by atoms with Gasteiger partial charge in [-0.1, -0.05) is 0 Å². The molecule has 1 aromatic rings. The van der Waals surface area contributed by atoms with Gasteiger partial charge in [0.2, 0.25) is 5.91 Å². The Balaban J connectivity index is 2.84. The summed E-state index contributed by atoms with van der Waals surface area (Å²) in [5, 5.41) is 18.5. The number of hydrogen-bond donors (Lipinski definition) is 3.